The Kier molecular flexibility index (Phi) is 26.1. The molecule has 6 unspecified atom stereocenters. The molecule has 3 aromatic heterocycles. The van der Waals surface area contributed by atoms with Crippen molar-refractivity contribution in [3.63, 3.8) is 0 Å². The van der Waals surface area contributed by atoms with Crippen LogP contribution < -0.4 is 0 Å². The number of aliphatic carboxylic acids is 3. The number of likely N-dealkylation sites (tertiary alicyclic amines) is 3. The van der Waals surface area contributed by atoms with Crippen molar-refractivity contribution >= 4 is 117 Å². The predicted molar refractivity (Wildman–Crippen MR) is 374 cm³/mol. The summed E-state index contributed by atoms with van der Waals surface area (Å²) in [5.74, 6) is -2.90. The first-order chi connectivity index (χ1) is 47.1. The highest BCUT2D eigenvalue weighted by Crippen LogP contribution is 2.49. The Bertz CT molecular complexity index is 4030. The summed E-state index contributed by atoms with van der Waals surface area (Å²) in [4.78, 5) is 95.6. The van der Waals surface area contributed by atoms with E-state index in [1.165, 1.54) is 81.1 Å². The minimum atomic E-state index is -1.12. The van der Waals surface area contributed by atoms with Gasteiger partial charge in [-0.05, 0) is 152 Å². The van der Waals surface area contributed by atoms with Crippen LogP contribution in [0.3, 0.4) is 0 Å². The second-order valence-corrected chi connectivity index (χ2v) is 32.0. The quantitative estimate of drug-likeness (QED) is 0.0208. The maximum atomic E-state index is 14.7. The molecule has 6 aromatic rings. The van der Waals surface area contributed by atoms with Crippen molar-refractivity contribution in [2.75, 3.05) is 39.3 Å². The highest BCUT2D eigenvalue weighted by Gasteiger charge is 2.45. The van der Waals surface area contributed by atoms with Crippen LogP contribution in [-0.2, 0) is 28.8 Å². The van der Waals surface area contributed by atoms with E-state index in [0.29, 0.717) is 83.5 Å². The summed E-state index contributed by atoms with van der Waals surface area (Å²) >= 11 is 5.78. The third-order valence-electron chi connectivity index (χ3n) is 17.1. The Hall–Kier alpha value is -6.73. The topological polar surface area (TPSA) is 268 Å². The van der Waals surface area contributed by atoms with Crippen LogP contribution in [-0.4, -0.2) is 140 Å². The van der Waals surface area contributed by atoms with E-state index in [1.807, 2.05) is 34.6 Å². The van der Waals surface area contributed by atoms with Gasteiger partial charge in [-0.25, -0.2) is 32.5 Å². The zero-order chi connectivity index (χ0) is 69.7. The zero-order valence-electron chi connectivity index (χ0n) is 53.0. The van der Waals surface area contributed by atoms with Crippen molar-refractivity contribution in [2.45, 2.75) is 120 Å². The summed E-state index contributed by atoms with van der Waals surface area (Å²) < 4.78 is 49.6. The molecule has 3 aliphatic heterocycles. The molecule has 3 N–H and O–H groups in total. The average molecular weight is 1470 g/mol. The minimum absolute atomic E-state index is 0.0146. The standard InChI is InChI=1S/C24H26FNO4S2.C23H22FN3O5S2.C22H21ClFN3O3S2/c1-14-11-21(15(2)30-14)32-31-20-9-10-26(13-17(20)12-22(27)28)23(24(29)16-7-8-16)18-5-3-4-6-19(18)25;24-17-5-2-1-4-16(17)21(22(30)14-7-8-14)26-11-9-19(15(13-26)12-20(28)29)33-34-23-18(27(31)32)6-3-10-25-23;23-18-7-8-19(26-25-18)32-31-17-9-10-27(12-14(17)11-20(28)29)21(22(30)13-5-6-13)15-3-1-2-4-16(15)24/h3-6,11-12,16,20,23H,7-10,13H2,1-2H3,(H,27,28);1-6,10,12,14,19,21H,7-9,11,13H2,(H,28,29);1-4,7-8,11,13,17,21H,5-6,9-10,12H2,(H,28,29)/b17-12-;15-12-;14-11-. The smallest absolute Gasteiger partial charge is 0.328 e. The van der Waals surface area contributed by atoms with Gasteiger partial charge in [-0.15, -0.1) is 10.2 Å². The summed E-state index contributed by atoms with van der Waals surface area (Å²) in [6.45, 7) is 6.21. The molecular weight excluding hydrogens is 1400 g/mol. The fourth-order valence-electron chi connectivity index (χ4n) is 11.9. The molecule has 3 saturated carbocycles. The van der Waals surface area contributed by atoms with Crippen LogP contribution in [0.15, 0.2) is 164 Å². The molecule has 0 bridgehead atoms. The summed E-state index contributed by atoms with van der Waals surface area (Å²) in [6.07, 6.45) is 11.8. The molecule has 0 amide bonds. The molecule has 6 fully saturated rings. The molecule has 98 heavy (non-hydrogen) atoms. The van der Waals surface area contributed by atoms with Gasteiger partial charge in [-0.3, -0.25) is 39.2 Å². The van der Waals surface area contributed by atoms with Crippen molar-refractivity contribution < 1.29 is 66.6 Å². The molecule has 12 rings (SSSR count). The number of carboxylic acid groups (broad SMARTS) is 3. The van der Waals surface area contributed by atoms with Crippen molar-refractivity contribution in [1.29, 1.82) is 0 Å². The number of halogens is 4. The third-order valence-corrected chi connectivity index (χ3v) is 25.8. The van der Waals surface area contributed by atoms with Gasteiger partial charge in [0.2, 0.25) is 0 Å². The molecule has 29 heteroatoms. The maximum Gasteiger partial charge on any atom is 0.328 e. The molecule has 0 spiro atoms. The number of ketones is 3. The first-order valence-electron chi connectivity index (χ1n) is 31.6. The SMILES string of the molecule is Cc1cc(SSC2CCN(C(C(=O)C3CC3)c3ccccc3F)C/C2=C/C(=O)O)c(C)o1.O=C(O)/C=C1/CN(C(C(=O)C2CC2)c2ccccc2F)CCC1SSc1ccc(Cl)nn1.O=C(O)/C=C1/CN(C(C(=O)C2CC2)c2ccccc2F)CCC1SSc1ncccc1[N+](=O)[O-]. The molecule has 0 radical (unpaired) electrons. The lowest BCUT2D eigenvalue weighted by Crippen LogP contribution is -2.43. The molecule has 6 atom stereocenters. The Morgan fingerprint density at radius 3 is 1.31 bits per heavy atom. The fourth-order valence-corrected chi connectivity index (χ4v) is 20.0. The van der Waals surface area contributed by atoms with E-state index >= 15 is 0 Å². The van der Waals surface area contributed by atoms with Gasteiger partial charge >= 0.3 is 23.6 Å². The van der Waals surface area contributed by atoms with Crippen LogP contribution in [0.5, 0.6) is 0 Å². The van der Waals surface area contributed by atoms with Gasteiger partial charge in [-0.2, -0.15) is 0 Å². The Morgan fingerprint density at radius 1 is 0.561 bits per heavy atom. The third kappa shape index (κ3) is 20.0. The number of piperidine rings is 3. The highest BCUT2D eigenvalue weighted by molar-refractivity contribution is 8.77. The average Bonchev–Trinajstić information content (AvgIpc) is 1.22. The van der Waals surface area contributed by atoms with E-state index in [4.69, 9.17) is 16.0 Å². The predicted octanol–water partition coefficient (Wildman–Crippen LogP) is 15.1. The lowest BCUT2D eigenvalue weighted by atomic mass is 9.93. The molecule has 6 aliphatic rings. The Balaban J connectivity index is 0.000000159. The van der Waals surface area contributed by atoms with Gasteiger partial charge in [0, 0.05) is 120 Å². The summed E-state index contributed by atoms with van der Waals surface area (Å²) in [7, 11) is 8.52. The van der Waals surface area contributed by atoms with Crippen LogP contribution >= 0.6 is 76.4 Å². The summed E-state index contributed by atoms with van der Waals surface area (Å²) in [6, 6.07) is 25.0. The van der Waals surface area contributed by atoms with Gasteiger partial charge in [0.05, 0.1) is 27.9 Å². The largest absolute Gasteiger partial charge is 0.478 e. The summed E-state index contributed by atoms with van der Waals surface area (Å²) in [5, 5.41) is 48.3. The second-order valence-electron chi connectivity index (χ2n) is 24.3. The number of carbonyl (C=O) groups excluding carboxylic acids is 3. The van der Waals surface area contributed by atoms with Gasteiger partial charge < -0.3 is 19.7 Å². The number of hydrogen-bond acceptors (Lipinski definition) is 21. The number of Topliss-reactive ketones (excluding diaryl/α,β-unsaturated/α-hetero) is 3. The van der Waals surface area contributed by atoms with Gasteiger partial charge in [0.15, 0.2) is 27.5 Å². The monoisotopic (exact) mass is 1470 g/mol. The van der Waals surface area contributed by atoms with E-state index in [2.05, 4.69) is 15.2 Å². The number of pyridine rings is 1. The number of hydrogen-bond donors (Lipinski definition) is 3. The first-order valence-corrected chi connectivity index (χ1v) is 38.6. The van der Waals surface area contributed by atoms with Crippen molar-refractivity contribution in [2.24, 2.45) is 17.8 Å². The highest BCUT2D eigenvalue weighted by atomic mass is 35.5. The molecule has 516 valence electrons. The Morgan fingerprint density at radius 2 is 0.959 bits per heavy atom. The number of nitro groups is 1. The number of rotatable bonds is 25. The number of aromatic nitrogens is 3. The minimum Gasteiger partial charge on any atom is -0.478 e. The molecule has 19 nitrogen and oxygen atoms in total. The van der Waals surface area contributed by atoms with Crippen LogP contribution in [0.1, 0.15) is 104 Å². The lowest BCUT2D eigenvalue weighted by molar-refractivity contribution is -0.388. The molecular formula is C69H69ClF3N7O12S6. The van der Waals surface area contributed by atoms with Crippen LogP contribution in [0.2, 0.25) is 5.15 Å². The first kappa shape index (κ1) is 74.0. The zero-order valence-corrected chi connectivity index (χ0v) is 58.7. The van der Waals surface area contributed by atoms with E-state index in [9.17, 15) is 67.4 Å². The lowest BCUT2D eigenvalue weighted by Gasteiger charge is -2.38. The molecule has 6 heterocycles. The number of nitrogens with zero attached hydrogens (tertiary/aromatic N) is 7. The number of carbonyl (C=O) groups is 6. The van der Waals surface area contributed by atoms with Crippen LogP contribution in [0.4, 0.5) is 18.9 Å². The maximum absolute atomic E-state index is 14.7. The number of aryl methyl sites for hydroxylation is 2. The van der Waals surface area contributed by atoms with E-state index in [-0.39, 0.29) is 74.7 Å². The fraction of sp³-hybridized carbons (Fsp3) is 0.377. The van der Waals surface area contributed by atoms with Crippen LogP contribution in [0, 0.1) is 59.2 Å². The summed E-state index contributed by atoms with van der Waals surface area (Å²) in [5.41, 5.74) is 2.92. The number of carboxylic acids is 3. The van der Waals surface area contributed by atoms with Gasteiger partial charge in [0.25, 0.3) is 0 Å². The van der Waals surface area contributed by atoms with E-state index in [1.54, 1.807) is 88.3 Å². The number of furan rings is 1. The molecule has 3 aliphatic carbocycles. The van der Waals surface area contributed by atoms with Crippen LogP contribution in [0.25, 0.3) is 0 Å². The van der Waals surface area contributed by atoms with Gasteiger partial charge in [0.1, 0.15) is 34.0 Å². The molecule has 3 aromatic carbocycles. The van der Waals surface area contributed by atoms with E-state index in [0.717, 1.165) is 77.4 Å². The van der Waals surface area contributed by atoms with Gasteiger partial charge in [-0.1, -0.05) is 109 Å². The Labute approximate surface area is 592 Å². The number of benzene rings is 3. The molecule has 3 saturated heterocycles. The van der Waals surface area contributed by atoms with Crippen molar-refractivity contribution in [3.8, 4) is 0 Å². The van der Waals surface area contributed by atoms with Crippen molar-refractivity contribution in [1.82, 2.24) is 29.9 Å². The van der Waals surface area contributed by atoms with E-state index < -0.39 is 58.4 Å². The normalized spacial score (nSPS) is 21.2. The van der Waals surface area contributed by atoms with Crippen molar-refractivity contribution in [3.05, 3.63) is 205 Å². The second kappa shape index (κ2) is 34.6.